The number of benzene rings is 1. The van der Waals surface area contributed by atoms with Crippen LogP contribution in [0.2, 0.25) is 0 Å². The van der Waals surface area contributed by atoms with E-state index in [1.807, 2.05) is 12.1 Å². The highest BCUT2D eigenvalue weighted by atomic mass is 16.7. The second-order valence-corrected chi connectivity index (χ2v) is 4.11. The maximum absolute atomic E-state index is 9.76. The summed E-state index contributed by atoms with van der Waals surface area (Å²) in [6, 6.07) is 7.16. The Hall–Kier alpha value is -1.30. The average Bonchev–Trinajstić information content (AvgIpc) is 2.79. The van der Waals surface area contributed by atoms with Gasteiger partial charge in [-0.25, -0.2) is 0 Å². The first kappa shape index (κ1) is 12.2. The van der Waals surface area contributed by atoms with Crippen LogP contribution in [-0.2, 0) is 4.84 Å². The van der Waals surface area contributed by atoms with Crippen molar-refractivity contribution in [3.8, 4) is 5.75 Å². The SMILES string of the molecule is Nc1cccc(OCC(O)CN2CCCO2)c1. The summed E-state index contributed by atoms with van der Waals surface area (Å²) in [6.45, 7) is 2.32. The molecular formula is C12H18N2O3. The highest BCUT2D eigenvalue weighted by molar-refractivity contribution is 5.43. The highest BCUT2D eigenvalue weighted by Crippen LogP contribution is 2.14. The number of ether oxygens (including phenoxy) is 1. The van der Waals surface area contributed by atoms with E-state index in [-0.39, 0.29) is 6.61 Å². The molecule has 1 saturated heterocycles. The number of nitrogens with two attached hydrogens (primary N) is 1. The van der Waals surface area contributed by atoms with E-state index in [1.54, 1.807) is 17.2 Å². The molecule has 0 aliphatic carbocycles. The van der Waals surface area contributed by atoms with Crippen molar-refractivity contribution >= 4 is 5.69 Å². The van der Waals surface area contributed by atoms with Crippen LogP contribution >= 0.6 is 0 Å². The fraction of sp³-hybridized carbons (Fsp3) is 0.500. The Kier molecular flexibility index (Phi) is 4.19. The number of β-amino-alcohol motifs (C(OH)–C–C–N with tert-alkyl or cyclic N) is 1. The Bertz CT molecular complexity index is 353. The van der Waals surface area contributed by atoms with Crippen molar-refractivity contribution in [3.63, 3.8) is 0 Å². The predicted molar refractivity (Wildman–Crippen MR) is 64.5 cm³/mol. The van der Waals surface area contributed by atoms with Gasteiger partial charge in [0.2, 0.25) is 0 Å². The quantitative estimate of drug-likeness (QED) is 0.737. The second-order valence-electron chi connectivity index (χ2n) is 4.11. The summed E-state index contributed by atoms with van der Waals surface area (Å²) in [7, 11) is 0. The molecule has 3 N–H and O–H groups in total. The van der Waals surface area contributed by atoms with Gasteiger partial charge < -0.3 is 15.6 Å². The molecule has 2 rings (SSSR count). The normalized spacial score (nSPS) is 18.2. The van der Waals surface area contributed by atoms with Crippen molar-refractivity contribution in [2.24, 2.45) is 0 Å². The molecule has 1 heterocycles. The molecule has 0 spiro atoms. The minimum absolute atomic E-state index is 0.239. The number of hydroxylamine groups is 2. The maximum Gasteiger partial charge on any atom is 0.121 e. The summed E-state index contributed by atoms with van der Waals surface area (Å²) >= 11 is 0. The number of rotatable bonds is 5. The van der Waals surface area contributed by atoms with Gasteiger partial charge in [0, 0.05) is 18.3 Å². The van der Waals surface area contributed by atoms with Crippen molar-refractivity contribution in [1.82, 2.24) is 5.06 Å². The molecule has 1 atom stereocenters. The van der Waals surface area contributed by atoms with Gasteiger partial charge in [-0.3, -0.25) is 4.84 Å². The van der Waals surface area contributed by atoms with E-state index in [9.17, 15) is 5.11 Å². The number of hydrogen-bond acceptors (Lipinski definition) is 5. The van der Waals surface area contributed by atoms with Gasteiger partial charge in [0.15, 0.2) is 0 Å². The van der Waals surface area contributed by atoms with E-state index in [0.717, 1.165) is 19.6 Å². The average molecular weight is 238 g/mol. The van der Waals surface area contributed by atoms with E-state index < -0.39 is 6.10 Å². The third kappa shape index (κ3) is 3.89. The number of anilines is 1. The van der Waals surface area contributed by atoms with E-state index in [1.165, 1.54) is 0 Å². The summed E-state index contributed by atoms with van der Waals surface area (Å²) in [5, 5.41) is 11.5. The number of nitrogens with zero attached hydrogens (tertiary/aromatic N) is 1. The van der Waals surface area contributed by atoms with Crippen LogP contribution in [0.3, 0.4) is 0 Å². The van der Waals surface area contributed by atoms with Gasteiger partial charge in [-0.2, -0.15) is 5.06 Å². The summed E-state index contributed by atoms with van der Waals surface area (Å²) in [5.41, 5.74) is 6.28. The lowest BCUT2D eigenvalue weighted by molar-refractivity contribution is -0.131. The number of hydrogen-bond donors (Lipinski definition) is 2. The fourth-order valence-corrected chi connectivity index (χ4v) is 1.73. The zero-order chi connectivity index (χ0) is 12.1. The van der Waals surface area contributed by atoms with Crippen molar-refractivity contribution in [2.75, 3.05) is 32.0 Å². The summed E-state index contributed by atoms with van der Waals surface area (Å²) in [5.74, 6) is 0.673. The van der Waals surface area contributed by atoms with Crippen molar-refractivity contribution in [3.05, 3.63) is 24.3 Å². The monoisotopic (exact) mass is 238 g/mol. The Morgan fingerprint density at radius 3 is 3.12 bits per heavy atom. The van der Waals surface area contributed by atoms with Gasteiger partial charge in [-0.15, -0.1) is 0 Å². The van der Waals surface area contributed by atoms with E-state index in [0.29, 0.717) is 18.0 Å². The maximum atomic E-state index is 9.76. The van der Waals surface area contributed by atoms with Gasteiger partial charge >= 0.3 is 0 Å². The Morgan fingerprint density at radius 2 is 2.41 bits per heavy atom. The molecule has 17 heavy (non-hydrogen) atoms. The molecule has 1 aliphatic rings. The van der Waals surface area contributed by atoms with E-state index in [4.69, 9.17) is 15.3 Å². The predicted octanol–water partition coefficient (Wildman–Crippen LogP) is 0.646. The lowest BCUT2D eigenvalue weighted by Gasteiger charge is -2.18. The highest BCUT2D eigenvalue weighted by Gasteiger charge is 2.17. The van der Waals surface area contributed by atoms with Gasteiger partial charge in [0.1, 0.15) is 18.5 Å². The smallest absolute Gasteiger partial charge is 0.121 e. The van der Waals surface area contributed by atoms with Gasteiger partial charge in [0.05, 0.1) is 13.2 Å². The molecule has 0 bridgehead atoms. The first-order valence-electron chi connectivity index (χ1n) is 5.78. The summed E-state index contributed by atoms with van der Waals surface area (Å²) in [6.07, 6.45) is 0.456. The fourth-order valence-electron chi connectivity index (χ4n) is 1.73. The van der Waals surface area contributed by atoms with Crippen LogP contribution in [0.15, 0.2) is 24.3 Å². The van der Waals surface area contributed by atoms with Gasteiger partial charge in [-0.1, -0.05) is 6.07 Å². The molecule has 0 aromatic heterocycles. The molecule has 0 radical (unpaired) electrons. The lowest BCUT2D eigenvalue weighted by atomic mass is 10.3. The zero-order valence-electron chi connectivity index (χ0n) is 9.71. The van der Waals surface area contributed by atoms with Crippen molar-refractivity contribution in [2.45, 2.75) is 12.5 Å². The summed E-state index contributed by atoms with van der Waals surface area (Å²) < 4.78 is 5.45. The molecule has 5 nitrogen and oxygen atoms in total. The molecule has 1 aliphatic heterocycles. The van der Waals surface area contributed by atoms with Crippen LogP contribution in [0.4, 0.5) is 5.69 Å². The first-order chi connectivity index (χ1) is 8.24. The molecule has 94 valence electrons. The molecule has 1 fully saturated rings. The molecule has 0 amide bonds. The topological polar surface area (TPSA) is 68.0 Å². The van der Waals surface area contributed by atoms with Gasteiger partial charge in [-0.05, 0) is 18.6 Å². The standard InChI is InChI=1S/C12H18N2O3/c13-10-3-1-4-12(7-10)16-9-11(15)8-14-5-2-6-17-14/h1,3-4,7,11,15H,2,5-6,8-9,13H2. The van der Waals surface area contributed by atoms with E-state index >= 15 is 0 Å². The number of aliphatic hydroxyl groups is 1. The Balaban J connectivity index is 1.73. The van der Waals surface area contributed by atoms with Gasteiger partial charge in [0.25, 0.3) is 0 Å². The molecule has 5 heteroatoms. The van der Waals surface area contributed by atoms with Crippen LogP contribution in [0.5, 0.6) is 5.75 Å². The summed E-state index contributed by atoms with van der Waals surface area (Å²) in [4.78, 5) is 5.29. The van der Waals surface area contributed by atoms with Crippen LogP contribution in [0.1, 0.15) is 6.42 Å². The number of aliphatic hydroxyl groups excluding tert-OH is 1. The molecule has 1 unspecified atom stereocenters. The molecule has 1 aromatic rings. The molecular weight excluding hydrogens is 220 g/mol. The van der Waals surface area contributed by atoms with Crippen LogP contribution in [0.25, 0.3) is 0 Å². The van der Waals surface area contributed by atoms with Crippen molar-refractivity contribution in [1.29, 1.82) is 0 Å². The molecule has 0 saturated carbocycles. The Morgan fingerprint density at radius 1 is 1.53 bits per heavy atom. The molecule has 1 aromatic carbocycles. The number of nitrogen functional groups attached to an aromatic ring is 1. The van der Waals surface area contributed by atoms with E-state index in [2.05, 4.69) is 0 Å². The first-order valence-corrected chi connectivity index (χ1v) is 5.78. The third-order valence-corrected chi connectivity index (χ3v) is 2.54. The van der Waals surface area contributed by atoms with Crippen LogP contribution in [-0.4, -0.2) is 42.6 Å². The van der Waals surface area contributed by atoms with Crippen LogP contribution in [0, 0.1) is 0 Å². The lowest BCUT2D eigenvalue weighted by Crippen LogP contribution is -2.33. The second kappa shape index (κ2) is 5.86. The van der Waals surface area contributed by atoms with Crippen molar-refractivity contribution < 1.29 is 14.7 Å². The van der Waals surface area contributed by atoms with Crippen LogP contribution < -0.4 is 10.5 Å². The third-order valence-electron chi connectivity index (χ3n) is 2.54. The zero-order valence-corrected chi connectivity index (χ0v) is 9.71. The minimum Gasteiger partial charge on any atom is -0.491 e. The largest absolute Gasteiger partial charge is 0.491 e. The minimum atomic E-state index is -0.561. The Labute approximate surface area is 101 Å².